The van der Waals surface area contributed by atoms with Gasteiger partial charge in [-0.2, -0.15) is 13.2 Å². The Morgan fingerprint density at radius 1 is 1.32 bits per heavy atom. The van der Waals surface area contributed by atoms with Gasteiger partial charge in [0.1, 0.15) is 5.75 Å². The molecule has 0 spiro atoms. The maximum atomic E-state index is 12.9. The van der Waals surface area contributed by atoms with Crippen LogP contribution in [0.4, 0.5) is 19.0 Å². The lowest BCUT2D eigenvalue weighted by atomic mass is 10.1. The van der Waals surface area contributed by atoms with Gasteiger partial charge in [0, 0.05) is 11.1 Å². The zero-order valence-electron chi connectivity index (χ0n) is 9.58. The van der Waals surface area contributed by atoms with Crippen LogP contribution in [0.1, 0.15) is 5.56 Å². The smallest absolute Gasteiger partial charge is 0.420 e. The summed E-state index contributed by atoms with van der Waals surface area (Å²) in [5, 5.41) is 3.31. The Kier molecular flexibility index (Phi) is 3.32. The SMILES string of the molecule is COc1c(-c2cc(N)no2)cc(Cl)cc1C(F)(F)F. The zero-order valence-corrected chi connectivity index (χ0v) is 10.3. The molecule has 4 nitrogen and oxygen atoms in total. The average molecular weight is 293 g/mol. The predicted octanol–water partition coefficient (Wildman–Crippen LogP) is 3.60. The number of aromatic nitrogens is 1. The first-order valence-corrected chi connectivity index (χ1v) is 5.38. The average Bonchev–Trinajstić information content (AvgIpc) is 2.73. The van der Waals surface area contributed by atoms with E-state index in [0.29, 0.717) is 0 Å². The minimum Gasteiger partial charge on any atom is -0.495 e. The Labute approximate surface area is 110 Å². The van der Waals surface area contributed by atoms with Crippen molar-refractivity contribution >= 4 is 17.4 Å². The highest BCUT2D eigenvalue weighted by Gasteiger charge is 2.36. The van der Waals surface area contributed by atoms with E-state index in [-0.39, 0.29) is 22.2 Å². The van der Waals surface area contributed by atoms with E-state index < -0.39 is 17.5 Å². The van der Waals surface area contributed by atoms with Gasteiger partial charge in [0.05, 0.1) is 18.2 Å². The van der Waals surface area contributed by atoms with E-state index in [2.05, 4.69) is 5.16 Å². The maximum Gasteiger partial charge on any atom is 0.420 e. The topological polar surface area (TPSA) is 61.3 Å². The van der Waals surface area contributed by atoms with Crippen molar-refractivity contribution < 1.29 is 22.4 Å². The second-order valence-corrected chi connectivity index (χ2v) is 4.08. The molecule has 19 heavy (non-hydrogen) atoms. The molecule has 1 aromatic carbocycles. The molecular formula is C11H8ClF3N2O2. The summed E-state index contributed by atoms with van der Waals surface area (Å²) in [6.45, 7) is 0. The number of alkyl halides is 3. The molecule has 2 aromatic rings. The van der Waals surface area contributed by atoms with Crippen LogP contribution in [0.25, 0.3) is 11.3 Å². The minimum absolute atomic E-state index is 0.0338. The largest absolute Gasteiger partial charge is 0.495 e. The van der Waals surface area contributed by atoms with Crippen LogP contribution in [0.3, 0.4) is 0 Å². The molecule has 0 atom stereocenters. The van der Waals surface area contributed by atoms with Crippen LogP contribution in [-0.2, 0) is 6.18 Å². The third-order valence-electron chi connectivity index (χ3n) is 2.36. The van der Waals surface area contributed by atoms with Crippen molar-refractivity contribution in [3.8, 4) is 17.1 Å². The van der Waals surface area contributed by atoms with Crippen LogP contribution >= 0.6 is 11.6 Å². The number of ether oxygens (including phenoxy) is 1. The number of hydrogen-bond donors (Lipinski definition) is 1. The van der Waals surface area contributed by atoms with Crippen LogP contribution in [0.15, 0.2) is 22.7 Å². The second kappa shape index (κ2) is 4.65. The number of nitrogen functional groups attached to an aromatic ring is 1. The Hall–Kier alpha value is -1.89. The predicted molar refractivity (Wildman–Crippen MR) is 62.9 cm³/mol. The Balaban J connectivity index is 2.70. The molecule has 0 aliphatic heterocycles. The highest BCUT2D eigenvalue weighted by molar-refractivity contribution is 6.31. The van der Waals surface area contributed by atoms with Crippen molar-refractivity contribution in [3.63, 3.8) is 0 Å². The second-order valence-electron chi connectivity index (χ2n) is 3.65. The minimum atomic E-state index is -4.60. The van der Waals surface area contributed by atoms with E-state index in [9.17, 15) is 13.2 Å². The van der Waals surface area contributed by atoms with Gasteiger partial charge in [0.25, 0.3) is 0 Å². The summed E-state index contributed by atoms with van der Waals surface area (Å²) in [6, 6.07) is 3.35. The van der Waals surface area contributed by atoms with Crippen molar-refractivity contribution in [1.29, 1.82) is 0 Å². The van der Waals surface area contributed by atoms with Gasteiger partial charge in [-0.1, -0.05) is 16.8 Å². The number of nitrogens with zero attached hydrogens (tertiary/aromatic N) is 1. The Bertz CT molecular complexity index is 610. The molecule has 0 radical (unpaired) electrons. The molecule has 0 fully saturated rings. The molecule has 2 rings (SSSR count). The molecule has 0 saturated carbocycles. The lowest BCUT2D eigenvalue weighted by Gasteiger charge is -2.15. The fourth-order valence-electron chi connectivity index (χ4n) is 1.62. The van der Waals surface area contributed by atoms with E-state index in [1.54, 1.807) is 0 Å². The third kappa shape index (κ3) is 2.60. The summed E-state index contributed by atoms with van der Waals surface area (Å²) in [4.78, 5) is 0. The molecule has 0 bridgehead atoms. The van der Waals surface area contributed by atoms with Crippen LogP contribution in [0.2, 0.25) is 5.02 Å². The molecule has 0 saturated heterocycles. The fourth-order valence-corrected chi connectivity index (χ4v) is 1.84. The van der Waals surface area contributed by atoms with Gasteiger partial charge in [0.15, 0.2) is 11.6 Å². The van der Waals surface area contributed by atoms with Gasteiger partial charge in [-0.25, -0.2) is 0 Å². The van der Waals surface area contributed by atoms with Crippen molar-refractivity contribution in [2.24, 2.45) is 0 Å². The molecule has 1 aromatic heterocycles. The number of halogens is 4. The highest BCUT2D eigenvalue weighted by atomic mass is 35.5. The van der Waals surface area contributed by atoms with Crippen molar-refractivity contribution in [2.75, 3.05) is 12.8 Å². The van der Waals surface area contributed by atoms with E-state index in [4.69, 9.17) is 26.6 Å². The van der Waals surface area contributed by atoms with Crippen LogP contribution in [0, 0.1) is 0 Å². The van der Waals surface area contributed by atoms with Gasteiger partial charge in [0.2, 0.25) is 0 Å². The molecule has 1 heterocycles. The van der Waals surface area contributed by atoms with Crippen LogP contribution < -0.4 is 10.5 Å². The number of methoxy groups -OCH3 is 1. The number of hydrogen-bond acceptors (Lipinski definition) is 4. The lowest BCUT2D eigenvalue weighted by Crippen LogP contribution is -2.08. The first-order chi connectivity index (χ1) is 8.82. The molecule has 0 aliphatic rings. The van der Waals surface area contributed by atoms with E-state index in [0.717, 1.165) is 13.2 Å². The Morgan fingerprint density at radius 3 is 2.47 bits per heavy atom. The molecule has 102 valence electrons. The maximum absolute atomic E-state index is 12.9. The first-order valence-electron chi connectivity index (χ1n) is 5.00. The summed E-state index contributed by atoms with van der Waals surface area (Å²) < 4.78 is 48.4. The lowest BCUT2D eigenvalue weighted by molar-refractivity contribution is -0.138. The summed E-state index contributed by atoms with van der Waals surface area (Å²) in [5.41, 5.74) is 4.41. The number of rotatable bonds is 2. The van der Waals surface area contributed by atoms with Gasteiger partial charge in [-0.05, 0) is 12.1 Å². The first kappa shape index (κ1) is 13.5. The van der Waals surface area contributed by atoms with Gasteiger partial charge < -0.3 is 15.0 Å². The number of nitrogens with two attached hydrogens (primary N) is 1. The van der Waals surface area contributed by atoms with Gasteiger partial charge >= 0.3 is 6.18 Å². The monoisotopic (exact) mass is 292 g/mol. The van der Waals surface area contributed by atoms with E-state index in [1.807, 2.05) is 0 Å². The normalized spacial score (nSPS) is 11.6. The van der Waals surface area contributed by atoms with Crippen molar-refractivity contribution in [3.05, 3.63) is 28.8 Å². The summed E-state index contributed by atoms with van der Waals surface area (Å²) in [6.07, 6.45) is -4.60. The molecule has 0 amide bonds. The van der Waals surface area contributed by atoms with Crippen molar-refractivity contribution in [2.45, 2.75) is 6.18 Å². The van der Waals surface area contributed by atoms with Gasteiger partial charge in [-0.3, -0.25) is 0 Å². The molecule has 8 heteroatoms. The van der Waals surface area contributed by atoms with E-state index in [1.165, 1.54) is 12.1 Å². The molecular weight excluding hydrogens is 285 g/mol. The summed E-state index contributed by atoms with van der Waals surface area (Å²) >= 11 is 5.69. The van der Waals surface area contributed by atoms with Crippen LogP contribution in [-0.4, -0.2) is 12.3 Å². The van der Waals surface area contributed by atoms with Crippen molar-refractivity contribution in [1.82, 2.24) is 5.16 Å². The molecule has 0 aliphatic carbocycles. The highest BCUT2D eigenvalue weighted by Crippen LogP contribution is 2.44. The zero-order chi connectivity index (χ0) is 14.2. The fraction of sp³-hybridized carbons (Fsp3) is 0.182. The quantitative estimate of drug-likeness (QED) is 0.918. The standard InChI is InChI=1S/C11H8ClF3N2O2/c1-18-10-6(8-4-9(16)17-19-8)2-5(12)3-7(10)11(13,14)15/h2-4H,1H3,(H2,16,17). The molecule has 2 N–H and O–H groups in total. The summed E-state index contributed by atoms with van der Waals surface area (Å²) in [7, 11) is 1.13. The van der Waals surface area contributed by atoms with Crippen LogP contribution in [0.5, 0.6) is 5.75 Å². The van der Waals surface area contributed by atoms with E-state index >= 15 is 0 Å². The van der Waals surface area contributed by atoms with Gasteiger partial charge in [-0.15, -0.1) is 0 Å². The Morgan fingerprint density at radius 2 is 2.00 bits per heavy atom. The number of benzene rings is 1. The number of anilines is 1. The third-order valence-corrected chi connectivity index (χ3v) is 2.58. The molecule has 0 unspecified atom stereocenters. The summed E-state index contributed by atoms with van der Waals surface area (Å²) in [5.74, 6) is -0.305.